The predicted octanol–water partition coefficient (Wildman–Crippen LogP) is -2.16. The minimum atomic E-state index is -1.14. The molecule has 1 amide bonds. The zero-order valence-corrected chi connectivity index (χ0v) is 9.65. The molecular weight excluding hydrogens is 229 g/mol. The van der Waals surface area contributed by atoms with Gasteiger partial charge in [0.1, 0.15) is 12.5 Å². The second-order valence-electron chi connectivity index (χ2n) is 4.23. The highest BCUT2D eigenvalue weighted by atomic mass is 19.1. The lowest BCUT2D eigenvalue weighted by atomic mass is 10.1. The molecule has 2 aliphatic heterocycles. The summed E-state index contributed by atoms with van der Waals surface area (Å²) in [6.07, 6.45) is -2.11. The second-order valence-corrected chi connectivity index (χ2v) is 4.23. The van der Waals surface area contributed by atoms with E-state index < -0.39 is 24.7 Å². The molecule has 7 nitrogen and oxygen atoms in total. The van der Waals surface area contributed by atoms with E-state index in [1.54, 1.807) is 0 Å². The highest BCUT2D eigenvalue weighted by Gasteiger charge is 2.36. The van der Waals surface area contributed by atoms with Gasteiger partial charge in [0, 0.05) is 13.7 Å². The van der Waals surface area contributed by atoms with Gasteiger partial charge in [-0.2, -0.15) is 0 Å². The smallest absolute Gasteiger partial charge is 0.255 e. The number of nitrogens with two attached hydrogens (primary N) is 1. The molecule has 0 aliphatic carbocycles. The zero-order chi connectivity index (χ0) is 12.4. The fourth-order valence-corrected chi connectivity index (χ4v) is 2.10. The first-order valence-electron chi connectivity index (χ1n) is 5.60. The van der Waals surface area contributed by atoms with Gasteiger partial charge in [0.05, 0.1) is 12.6 Å². The number of alkyl halides is 1. The quantitative estimate of drug-likeness (QED) is 0.444. The monoisotopic (exact) mass is 247 g/mol. The van der Waals surface area contributed by atoms with Gasteiger partial charge in [-0.05, 0) is 6.42 Å². The highest BCUT2D eigenvalue weighted by Crippen LogP contribution is 2.17. The van der Waals surface area contributed by atoms with Crippen LogP contribution in [0.25, 0.3) is 0 Å². The normalized spacial score (nSPS) is 38.4. The van der Waals surface area contributed by atoms with Crippen molar-refractivity contribution in [3.05, 3.63) is 0 Å². The Kier molecular flexibility index (Phi) is 3.89. The molecule has 5 N–H and O–H groups in total. The van der Waals surface area contributed by atoms with E-state index in [2.05, 4.69) is 16.2 Å². The van der Waals surface area contributed by atoms with E-state index in [0.29, 0.717) is 13.0 Å². The van der Waals surface area contributed by atoms with Crippen LogP contribution in [-0.4, -0.2) is 55.7 Å². The number of likely N-dealkylation sites (tertiary alicyclic amines) is 1. The first-order chi connectivity index (χ1) is 8.11. The first-order valence-corrected chi connectivity index (χ1v) is 5.60. The maximum atomic E-state index is 13.6. The van der Waals surface area contributed by atoms with Crippen molar-refractivity contribution in [2.24, 2.45) is 5.73 Å². The van der Waals surface area contributed by atoms with E-state index in [1.807, 2.05) is 0 Å². The number of hydrogen-bond acceptors (Lipinski definition) is 6. The van der Waals surface area contributed by atoms with Crippen LogP contribution in [0.4, 0.5) is 4.39 Å². The minimum absolute atomic E-state index is 0.0619. The standard InChI is InChI=1S/C9H18FN5O2/c1-17-6-2-3-15(4-5(6)10)8(16)7-12-9(11)14-13-7/h5-7,9,12-14H,2-4,11H2,1H3/t5-,6+,7?,9?/m1/s1. The number of rotatable bonds is 2. The average Bonchev–Trinajstić information content (AvgIpc) is 2.75. The molecule has 0 saturated carbocycles. The van der Waals surface area contributed by atoms with Gasteiger partial charge < -0.3 is 15.4 Å². The number of methoxy groups -OCH3 is 1. The maximum Gasteiger partial charge on any atom is 0.255 e. The number of halogens is 1. The van der Waals surface area contributed by atoms with Gasteiger partial charge in [0.15, 0.2) is 6.17 Å². The predicted molar refractivity (Wildman–Crippen MR) is 58.1 cm³/mol. The fourth-order valence-electron chi connectivity index (χ4n) is 2.10. The van der Waals surface area contributed by atoms with Crippen LogP contribution in [0.15, 0.2) is 0 Å². The highest BCUT2D eigenvalue weighted by molar-refractivity contribution is 5.81. The van der Waals surface area contributed by atoms with E-state index in [0.717, 1.165) is 0 Å². The van der Waals surface area contributed by atoms with E-state index >= 15 is 0 Å². The van der Waals surface area contributed by atoms with Gasteiger partial charge >= 0.3 is 0 Å². The zero-order valence-electron chi connectivity index (χ0n) is 9.65. The Bertz CT molecular complexity index is 293. The maximum absolute atomic E-state index is 13.6. The van der Waals surface area contributed by atoms with Crippen molar-refractivity contribution < 1.29 is 13.9 Å². The number of amides is 1. The third-order valence-electron chi connectivity index (χ3n) is 3.07. The number of carbonyl (C=O) groups is 1. The Morgan fingerprint density at radius 2 is 2.29 bits per heavy atom. The number of hydrogen-bond donors (Lipinski definition) is 4. The molecule has 2 fully saturated rings. The molecular formula is C9H18FN5O2. The molecule has 98 valence electrons. The van der Waals surface area contributed by atoms with Crippen LogP contribution < -0.4 is 21.9 Å². The molecule has 0 radical (unpaired) electrons. The van der Waals surface area contributed by atoms with Gasteiger partial charge in [-0.1, -0.05) is 0 Å². The number of ether oxygens (including phenoxy) is 1. The lowest BCUT2D eigenvalue weighted by Gasteiger charge is -2.35. The van der Waals surface area contributed by atoms with Gasteiger partial charge in [-0.3, -0.25) is 10.1 Å². The molecule has 4 atom stereocenters. The van der Waals surface area contributed by atoms with Gasteiger partial charge in [0.25, 0.3) is 5.91 Å². The van der Waals surface area contributed by atoms with Crippen molar-refractivity contribution in [2.45, 2.75) is 31.2 Å². The number of nitrogens with zero attached hydrogens (tertiary/aromatic N) is 1. The van der Waals surface area contributed by atoms with Crippen LogP contribution in [0.5, 0.6) is 0 Å². The molecule has 0 bridgehead atoms. The summed E-state index contributed by atoms with van der Waals surface area (Å²) in [7, 11) is 1.48. The lowest BCUT2D eigenvalue weighted by Crippen LogP contribution is -2.55. The summed E-state index contributed by atoms with van der Waals surface area (Å²) >= 11 is 0. The Morgan fingerprint density at radius 1 is 1.53 bits per heavy atom. The van der Waals surface area contributed by atoms with Crippen molar-refractivity contribution in [1.29, 1.82) is 0 Å². The molecule has 2 saturated heterocycles. The van der Waals surface area contributed by atoms with Crippen molar-refractivity contribution >= 4 is 5.91 Å². The van der Waals surface area contributed by atoms with E-state index in [1.165, 1.54) is 12.0 Å². The number of hydrazine groups is 1. The van der Waals surface area contributed by atoms with Crippen LogP contribution in [0.1, 0.15) is 6.42 Å². The summed E-state index contributed by atoms with van der Waals surface area (Å²) in [4.78, 5) is 13.5. The van der Waals surface area contributed by atoms with Gasteiger partial charge in [-0.15, -0.1) is 0 Å². The van der Waals surface area contributed by atoms with Crippen molar-refractivity contribution in [2.75, 3.05) is 20.2 Å². The summed E-state index contributed by atoms with van der Waals surface area (Å²) in [5.74, 6) is -0.206. The van der Waals surface area contributed by atoms with Crippen LogP contribution in [0.2, 0.25) is 0 Å². The van der Waals surface area contributed by atoms with Crippen LogP contribution in [-0.2, 0) is 9.53 Å². The van der Waals surface area contributed by atoms with Crippen LogP contribution >= 0.6 is 0 Å². The third-order valence-corrected chi connectivity index (χ3v) is 3.07. The minimum Gasteiger partial charge on any atom is -0.378 e. The molecule has 0 spiro atoms. The van der Waals surface area contributed by atoms with Crippen molar-refractivity contribution in [1.82, 2.24) is 21.1 Å². The summed E-state index contributed by atoms with van der Waals surface area (Å²) in [6, 6.07) is 0. The Hall–Kier alpha value is -0.800. The Balaban J connectivity index is 1.89. The average molecular weight is 247 g/mol. The SMILES string of the molecule is CO[C@H]1CCN(C(=O)C2NNC(N)N2)C[C@H]1F. The third kappa shape index (κ3) is 2.72. The fraction of sp³-hybridized carbons (Fsp3) is 0.889. The van der Waals surface area contributed by atoms with E-state index in [4.69, 9.17) is 10.5 Å². The van der Waals surface area contributed by atoms with Crippen molar-refractivity contribution in [3.63, 3.8) is 0 Å². The molecule has 17 heavy (non-hydrogen) atoms. The Labute approximate surface area is 98.8 Å². The molecule has 2 unspecified atom stereocenters. The molecule has 0 aromatic rings. The van der Waals surface area contributed by atoms with Crippen LogP contribution in [0.3, 0.4) is 0 Å². The molecule has 2 heterocycles. The molecule has 2 rings (SSSR count). The number of piperidine rings is 1. The van der Waals surface area contributed by atoms with E-state index in [9.17, 15) is 9.18 Å². The van der Waals surface area contributed by atoms with Gasteiger partial charge in [0.2, 0.25) is 0 Å². The molecule has 2 aliphatic rings. The molecule has 8 heteroatoms. The Morgan fingerprint density at radius 3 is 2.82 bits per heavy atom. The second kappa shape index (κ2) is 5.23. The van der Waals surface area contributed by atoms with Crippen LogP contribution in [0, 0.1) is 0 Å². The van der Waals surface area contributed by atoms with E-state index in [-0.39, 0.29) is 12.5 Å². The summed E-state index contributed by atoms with van der Waals surface area (Å²) in [5, 5.41) is 2.80. The van der Waals surface area contributed by atoms with Crippen molar-refractivity contribution in [3.8, 4) is 0 Å². The lowest BCUT2D eigenvalue weighted by molar-refractivity contribution is -0.138. The summed E-state index contributed by atoms with van der Waals surface area (Å²) < 4.78 is 18.6. The molecule has 0 aromatic carbocycles. The number of nitrogens with one attached hydrogen (secondary N) is 3. The van der Waals surface area contributed by atoms with Gasteiger partial charge in [-0.25, -0.2) is 15.2 Å². The number of carbonyl (C=O) groups excluding carboxylic acids is 1. The topological polar surface area (TPSA) is 91.7 Å². The largest absolute Gasteiger partial charge is 0.378 e. The first kappa shape index (κ1) is 12.7. The molecule has 0 aromatic heterocycles. The summed E-state index contributed by atoms with van der Waals surface area (Å²) in [5.41, 5.74) is 10.9. The summed E-state index contributed by atoms with van der Waals surface area (Å²) in [6.45, 7) is 0.555.